The highest BCUT2D eigenvalue weighted by Gasteiger charge is 2.20. The van der Waals surface area contributed by atoms with E-state index in [2.05, 4.69) is 39.4 Å². The third kappa shape index (κ3) is 3.82. The highest BCUT2D eigenvalue weighted by Crippen LogP contribution is 2.31. The summed E-state index contributed by atoms with van der Waals surface area (Å²) in [6, 6.07) is 8.91. The second kappa shape index (κ2) is 7.75. The number of piperazine rings is 1. The number of likely N-dealkylation sites (tertiary alicyclic amines) is 1. The number of carbonyl (C=O) groups is 1. The molecule has 0 spiro atoms. The Morgan fingerprint density at radius 1 is 0.960 bits per heavy atom. The topological polar surface area (TPSA) is 26.8 Å². The summed E-state index contributed by atoms with van der Waals surface area (Å²) in [5.41, 5.74) is 1.39. The summed E-state index contributed by atoms with van der Waals surface area (Å²) in [5, 5.41) is 3.59. The number of carbonyl (C=O) groups excluding carboxylic acids is 1. The molecule has 2 aliphatic rings. The Hall–Kier alpha value is -1.59. The van der Waals surface area contributed by atoms with Crippen LogP contribution in [-0.4, -0.2) is 61.5 Å². The average molecular weight is 358 g/mol. The minimum absolute atomic E-state index is 0.358. The highest BCUT2D eigenvalue weighted by molar-refractivity contribution is 7.17. The SMILES string of the molecule is O=C1CCCN1CCCCN1CCN(c2cccc3sccc23)CC1. The van der Waals surface area contributed by atoms with Gasteiger partial charge in [0.05, 0.1) is 0 Å². The standard InChI is InChI=1S/C20H27N3OS/c24-20-7-4-11-23(20)10-2-1-9-21-12-14-22(15-13-21)18-5-3-6-19-17(18)8-16-25-19/h3,5-6,8,16H,1-2,4,7,9-15H2. The van der Waals surface area contributed by atoms with E-state index in [-0.39, 0.29) is 0 Å². The summed E-state index contributed by atoms with van der Waals surface area (Å²) >= 11 is 1.83. The lowest BCUT2D eigenvalue weighted by atomic mass is 10.1. The normalized spacial score (nSPS) is 19.3. The van der Waals surface area contributed by atoms with Gasteiger partial charge in [-0.1, -0.05) is 6.07 Å². The van der Waals surface area contributed by atoms with Crippen LogP contribution < -0.4 is 4.90 Å². The van der Waals surface area contributed by atoms with Crippen LogP contribution >= 0.6 is 11.3 Å². The fourth-order valence-electron chi connectivity index (χ4n) is 4.04. The Balaban J connectivity index is 1.22. The van der Waals surface area contributed by atoms with E-state index in [1.807, 2.05) is 16.2 Å². The van der Waals surface area contributed by atoms with E-state index in [4.69, 9.17) is 0 Å². The summed E-state index contributed by atoms with van der Waals surface area (Å²) in [7, 11) is 0. The molecule has 4 rings (SSSR count). The molecule has 2 aromatic rings. The van der Waals surface area contributed by atoms with Crippen molar-refractivity contribution in [2.45, 2.75) is 25.7 Å². The quantitative estimate of drug-likeness (QED) is 0.741. The summed E-state index contributed by atoms with van der Waals surface area (Å²) in [6.07, 6.45) is 4.15. The van der Waals surface area contributed by atoms with Crippen LogP contribution in [-0.2, 0) is 4.79 Å². The second-order valence-electron chi connectivity index (χ2n) is 7.13. The van der Waals surface area contributed by atoms with Gasteiger partial charge >= 0.3 is 0 Å². The molecular formula is C20H27N3OS. The Morgan fingerprint density at radius 2 is 1.80 bits per heavy atom. The van der Waals surface area contributed by atoms with Crippen LogP contribution in [0.5, 0.6) is 0 Å². The molecule has 25 heavy (non-hydrogen) atoms. The van der Waals surface area contributed by atoms with Crippen molar-refractivity contribution in [2.75, 3.05) is 50.7 Å². The zero-order chi connectivity index (χ0) is 17.1. The van der Waals surface area contributed by atoms with E-state index >= 15 is 0 Å². The number of rotatable bonds is 6. The zero-order valence-electron chi connectivity index (χ0n) is 14.8. The van der Waals surface area contributed by atoms with Gasteiger partial charge in [-0.2, -0.15) is 0 Å². The lowest BCUT2D eigenvalue weighted by Crippen LogP contribution is -2.46. The molecule has 0 N–H and O–H groups in total. The number of unbranched alkanes of at least 4 members (excludes halogenated alkanes) is 1. The van der Waals surface area contributed by atoms with Gasteiger partial charge in [-0.15, -0.1) is 11.3 Å². The predicted octanol–water partition coefficient (Wildman–Crippen LogP) is 3.43. The van der Waals surface area contributed by atoms with E-state index in [0.717, 1.165) is 58.5 Å². The molecule has 4 nitrogen and oxygen atoms in total. The monoisotopic (exact) mass is 357 g/mol. The van der Waals surface area contributed by atoms with Gasteiger partial charge in [0.25, 0.3) is 0 Å². The van der Waals surface area contributed by atoms with Crippen molar-refractivity contribution in [3.63, 3.8) is 0 Å². The van der Waals surface area contributed by atoms with Crippen LogP contribution in [0.3, 0.4) is 0 Å². The van der Waals surface area contributed by atoms with E-state index in [0.29, 0.717) is 5.91 Å². The van der Waals surface area contributed by atoms with Crippen LogP contribution in [0.25, 0.3) is 10.1 Å². The second-order valence-corrected chi connectivity index (χ2v) is 8.08. The summed E-state index contributed by atoms with van der Waals surface area (Å²) in [6.45, 7) is 7.61. The molecule has 2 fully saturated rings. The van der Waals surface area contributed by atoms with Crippen molar-refractivity contribution in [2.24, 2.45) is 0 Å². The van der Waals surface area contributed by atoms with E-state index < -0.39 is 0 Å². The smallest absolute Gasteiger partial charge is 0.222 e. The largest absolute Gasteiger partial charge is 0.368 e. The van der Waals surface area contributed by atoms with E-state index in [1.165, 1.54) is 28.7 Å². The predicted molar refractivity (Wildman–Crippen MR) is 106 cm³/mol. The van der Waals surface area contributed by atoms with Gasteiger partial charge < -0.3 is 9.80 Å². The fourth-order valence-corrected chi connectivity index (χ4v) is 4.85. The molecule has 0 atom stereocenters. The number of thiophene rings is 1. The lowest BCUT2D eigenvalue weighted by molar-refractivity contribution is -0.127. The van der Waals surface area contributed by atoms with Crippen LogP contribution in [0.1, 0.15) is 25.7 Å². The van der Waals surface area contributed by atoms with Crippen LogP contribution in [0.2, 0.25) is 0 Å². The van der Waals surface area contributed by atoms with Gasteiger partial charge in [-0.25, -0.2) is 0 Å². The Bertz CT molecular complexity index is 721. The van der Waals surface area contributed by atoms with Crippen molar-refractivity contribution in [1.82, 2.24) is 9.80 Å². The first kappa shape index (κ1) is 16.9. The number of anilines is 1. The third-order valence-corrected chi connectivity index (χ3v) is 6.39. The summed E-state index contributed by atoms with van der Waals surface area (Å²) in [5.74, 6) is 0.358. The number of nitrogens with zero attached hydrogens (tertiary/aromatic N) is 3. The highest BCUT2D eigenvalue weighted by atomic mass is 32.1. The molecule has 1 aromatic heterocycles. The van der Waals surface area contributed by atoms with Crippen LogP contribution in [0.4, 0.5) is 5.69 Å². The molecular weight excluding hydrogens is 330 g/mol. The van der Waals surface area contributed by atoms with Gasteiger partial charge in [0.2, 0.25) is 5.91 Å². The third-order valence-electron chi connectivity index (χ3n) is 5.51. The Kier molecular flexibility index (Phi) is 5.22. The molecule has 5 heteroatoms. The molecule has 134 valence electrons. The zero-order valence-corrected chi connectivity index (χ0v) is 15.6. The summed E-state index contributed by atoms with van der Waals surface area (Å²) in [4.78, 5) is 18.8. The maximum Gasteiger partial charge on any atom is 0.222 e. The van der Waals surface area contributed by atoms with Crippen LogP contribution in [0.15, 0.2) is 29.6 Å². The van der Waals surface area contributed by atoms with Gasteiger partial charge in [0.15, 0.2) is 0 Å². The minimum atomic E-state index is 0.358. The van der Waals surface area contributed by atoms with Gasteiger partial charge in [0.1, 0.15) is 0 Å². The maximum atomic E-state index is 11.6. The van der Waals surface area contributed by atoms with Gasteiger partial charge in [0, 0.05) is 61.5 Å². The summed E-state index contributed by atoms with van der Waals surface area (Å²) < 4.78 is 1.39. The Morgan fingerprint density at radius 3 is 2.60 bits per heavy atom. The van der Waals surface area contributed by atoms with Crippen molar-refractivity contribution < 1.29 is 4.79 Å². The van der Waals surface area contributed by atoms with E-state index in [1.54, 1.807) is 0 Å². The molecule has 0 aliphatic carbocycles. The Labute approximate surface area is 154 Å². The molecule has 0 bridgehead atoms. The molecule has 1 amide bonds. The molecule has 0 saturated carbocycles. The molecule has 1 aromatic carbocycles. The molecule has 3 heterocycles. The first-order chi connectivity index (χ1) is 12.3. The fraction of sp³-hybridized carbons (Fsp3) is 0.550. The van der Waals surface area contributed by atoms with Crippen LogP contribution in [0, 0.1) is 0 Å². The maximum absolute atomic E-state index is 11.6. The van der Waals surface area contributed by atoms with Crippen molar-refractivity contribution in [1.29, 1.82) is 0 Å². The first-order valence-corrected chi connectivity index (χ1v) is 10.4. The first-order valence-electron chi connectivity index (χ1n) is 9.52. The lowest BCUT2D eigenvalue weighted by Gasteiger charge is -2.36. The number of fused-ring (bicyclic) bond motifs is 1. The molecule has 2 saturated heterocycles. The number of benzene rings is 1. The number of hydrogen-bond acceptors (Lipinski definition) is 4. The minimum Gasteiger partial charge on any atom is -0.368 e. The van der Waals surface area contributed by atoms with Crippen molar-refractivity contribution in [3.8, 4) is 0 Å². The van der Waals surface area contributed by atoms with Gasteiger partial charge in [-0.3, -0.25) is 9.69 Å². The van der Waals surface area contributed by atoms with Gasteiger partial charge in [-0.05, 0) is 49.4 Å². The van der Waals surface area contributed by atoms with Crippen molar-refractivity contribution in [3.05, 3.63) is 29.6 Å². The molecule has 0 unspecified atom stereocenters. The number of hydrogen-bond donors (Lipinski definition) is 0. The molecule has 0 radical (unpaired) electrons. The van der Waals surface area contributed by atoms with Crippen molar-refractivity contribution >= 4 is 33.0 Å². The van der Waals surface area contributed by atoms with E-state index in [9.17, 15) is 4.79 Å². The average Bonchev–Trinajstić information content (AvgIpc) is 3.28. The molecule has 2 aliphatic heterocycles. The number of amides is 1.